The number of benzene rings is 2. The summed E-state index contributed by atoms with van der Waals surface area (Å²) in [4.78, 5) is 0. The summed E-state index contributed by atoms with van der Waals surface area (Å²) < 4.78 is 12.8. The van der Waals surface area contributed by atoms with Crippen LogP contribution in [0.5, 0.6) is 0 Å². The first kappa shape index (κ1) is 12.6. The minimum Gasteiger partial charge on any atom is -0.207 e. The molecule has 0 unspecified atom stereocenters. The molecular weight excluding hydrogens is 239 g/mol. The third kappa shape index (κ3) is 3.09. The second-order valence-electron chi connectivity index (χ2n) is 4.50. The van der Waals surface area contributed by atoms with Crippen LogP contribution in [0.25, 0.3) is 0 Å². The van der Waals surface area contributed by atoms with Crippen molar-refractivity contribution in [1.29, 1.82) is 0 Å². The molecule has 0 spiro atoms. The van der Waals surface area contributed by atoms with Gasteiger partial charge in [-0.05, 0) is 35.5 Å². The van der Waals surface area contributed by atoms with Gasteiger partial charge < -0.3 is 0 Å². The van der Waals surface area contributed by atoms with Crippen molar-refractivity contribution in [1.82, 2.24) is 0 Å². The Morgan fingerprint density at radius 3 is 2.22 bits per heavy atom. The van der Waals surface area contributed by atoms with Gasteiger partial charge in [-0.25, -0.2) is 4.39 Å². The predicted octanol–water partition coefficient (Wildman–Crippen LogP) is 2.92. The fraction of sp³-hybridized carbons (Fsp3) is 0.125. The Morgan fingerprint density at radius 1 is 0.889 bits per heavy atom. The van der Waals surface area contributed by atoms with E-state index in [-0.39, 0.29) is 5.82 Å². The maximum absolute atomic E-state index is 12.8. The lowest BCUT2D eigenvalue weighted by atomic mass is 10.2. The molecule has 2 aromatic rings. The van der Waals surface area contributed by atoms with Crippen LogP contribution in [0.15, 0.2) is 48.5 Å². The molecule has 0 N–H and O–H groups in total. The van der Waals surface area contributed by atoms with Crippen LogP contribution < -0.4 is 5.19 Å². The predicted molar refractivity (Wildman–Crippen MR) is 77.3 cm³/mol. The second kappa shape index (κ2) is 5.66. The summed E-state index contributed by atoms with van der Waals surface area (Å²) in [5, 5.41) is 1.38. The van der Waals surface area contributed by atoms with E-state index in [9.17, 15) is 4.39 Å². The quantitative estimate of drug-likeness (QED) is 0.542. The van der Waals surface area contributed by atoms with E-state index < -0.39 is 8.80 Å². The first-order valence-corrected chi connectivity index (χ1v) is 8.92. The van der Waals surface area contributed by atoms with Crippen molar-refractivity contribution in [3.8, 4) is 11.8 Å². The first-order chi connectivity index (χ1) is 8.66. The molecule has 18 heavy (non-hydrogen) atoms. The van der Waals surface area contributed by atoms with Crippen LogP contribution in [0.3, 0.4) is 0 Å². The van der Waals surface area contributed by atoms with Crippen molar-refractivity contribution in [3.05, 3.63) is 65.5 Å². The Hall–Kier alpha value is -1.85. The van der Waals surface area contributed by atoms with E-state index >= 15 is 0 Å². The summed E-state index contributed by atoms with van der Waals surface area (Å²) in [6.45, 7) is 4.58. The molecule has 0 amide bonds. The lowest BCUT2D eigenvalue weighted by Crippen LogP contribution is -2.25. The van der Waals surface area contributed by atoms with Gasteiger partial charge in [0.05, 0.1) is 8.80 Å². The van der Waals surface area contributed by atoms with Crippen LogP contribution >= 0.6 is 0 Å². The van der Waals surface area contributed by atoms with Crippen LogP contribution in [-0.2, 0) is 0 Å². The van der Waals surface area contributed by atoms with Crippen LogP contribution in [0.4, 0.5) is 4.39 Å². The molecule has 0 fully saturated rings. The average Bonchev–Trinajstić information content (AvgIpc) is 2.38. The van der Waals surface area contributed by atoms with Gasteiger partial charge in [-0.1, -0.05) is 43.1 Å². The highest BCUT2D eigenvalue weighted by Crippen LogP contribution is 2.02. The van der Waals surface area contributed by atoms with Gasteiger partial charge >= 0.3 is 0 Å². The maximum Gasteiger partial charge on any atom is 0.123 e. The Balaban J connectivity index is 2.32. The molecule has 2 heteroatoms. The molecule has 0 bridgehead atoms. The van der Waals surface area contributed by atoms with E-state index in [1.54, 1.807) is 12.1 Å². The SMILES string of the molecule is C[SiH](C)c1ccccc1C#Cc1ccc(F)cc1. The van der Waals surface area contributed by atoms with Crippen molar-refractivity contribution in [2.75, 3.05) is 0 Å². The molecule has 0 saturated carbocycles. The zero-order valence-corrected chi connectivity index (χ0v) is 11.7. The van der Waals surface area contributed by atoms with Gasteiger partial charge in [-0.3, -0.25) is 0 Å². The fourth-order valence-electron chi connectivity index (χ4n) is 1.79. The summed E-state index contributed by atoms with van der Waals surface area (Å²) in [7, 11) is -0.864. The van der Waals surface area contributed by atoms with E-state index in [0.717, 1.165) is 11.1 Å². The van der Waals surface area contributed by atoms with E-state index in [0.29, 0.717) is 0 Å². The highest BCUT2D eigenvalue weighted by Gasteiger charge is 2.03. The highest BCUT2D eigenvalue weighted by molar-refractivity contribution is 6.71. The van der Waals surface area contributed by atoms with Crippen molar-refractivity contribution in [2.45, 2.75) is 13.1 Å². The van der Waals surface area contributed by atoms with Gasteiger partial charge in [0.15, 0.2) is 0 Å². The molecule has 0 nitrogen and oxygen atoms in total. The average molecular weight is 254 g/mol. The monoisotopic (exact) mass is 254 g/mol. The van der Waals surface area contributed by atoms with E-state index in [1.807, 2.05) is 6.07 Å². The lowest BCUT2D eigenvalue weighted by Gasteiger charge is -2.05. The molecule has 0 aliphatic carbocycles. The Labute approximate surface area is 109 Å². The Morgan fingerprint density at radius 2 is 1.56 bits per heavy atom. The number of halogens is 1. The normalized spacial score (nSPS) is 10.0. The van der Waals surface area contributed by atoms with Gasteiger partial charge in [0.1, 0.15) is 5.82 Å². The second-order valence-corrected chi connectivity index (χ2v) is 7.43. The Bertz CT molecular complexity index is 588. The first-order valence-electron chi connectivity index (χ1n) is 6.03. The minimum absolute atomic E-state index is 0.226. The van der Waals surface area contributed by atoms with Gasteiger partial charge in [0.2, 0.25) is 0 Å². The fourth-order valence-corrected chi connectivity index (χ4v) is 3.07. The van der Waals surface area contributed by atoms with Gasteiger partial charge in [0, 0.05) is 11.1 Å². The largest absolute Gasteiger partial charge is 0.207 e. The molecule has 2 rings (SSSR count). The molecule has 0 aromatic heterocycles. The van der Waals surface area contributed by atoms with Gasteiger partial charge in [-0.15, -0.1) is 0 Å². The van der Waals surface area contributed by atoms with Crippen LogP contribution in [0.1, 0.15) is 11.1 Å². The molecular formula is C16H15FSi. The topological polar surface area (TPSA) is 0 Å². The third-order valence-electron chi connectivity index (χ3n) is 2.77. The van der Waals surface area contributed by atoms with E-state index in [1.165, 1.54) is 17.3 Å². The molecule has 2 aromatic carbocycles. The minimum atomic E-state index is -0.864. The molecule has 90 valence electrons. The van der Waals surface area contributed by atoms with Crippen LogP contribution in [0.2, 0.25) is 13.1 Å². The van der Waals surface area contributed by atoms with Crippen molar-refractivity contribution >= 4 is 14.0 Å². The third-order valence-corrected chi connectivity index (χ3v) is 4.52. The molecule has 0 aliphatic heterocycles. The van der Waals surface area contributed by atoms with Crippen molar-refractivity contribution in [2.24, 2.45) is 0 Å². The maximum atomic E-state index is 12.8. The highest BCUT2D eigenvalue weighted by atomic mass is 28.3. The summed E-state index contributed by atoms with van der Waals surface area (Å²) in [5.41, 5.74) is 1.94. The van der Waals surface area contributed by atoms with Crippen LogP contribution in [-0.4, -0.2) is 8.80 Å². The smallest absolute Gasteiger partial charge is 0.123 e. The number of hydrogen-bond acceptors (Lipinski definition) is 0. The number of hydrogen-bond donors (Lipinski definition) is 0. The van der Waals surface area contributed by atoms with Crippen LogP contribution in [0, 0.1) is 17.7 Å². The zero-order chi connectivity index (χ0) is 13.0. The number of rotatable bonds is 1. The summed E-state index contributed by atoms with van der Waals surface area (Å²) in [6.07, 6.45) is 0. The van der Waals surface area contributed by atoms with E-state index in [2.05, 4.69) is 43.1 Å². The van der Waals surface area contributed by atoms with Crippen molar-refractivity contribution in [3.63, 3.8) is 0 Å². The van der Waals surface area contributed by atoms with E-state index in [4.69, 9.17) is 0 Å². The molecule has 0 atom stereocenters. The Kier molecular flexibility index (Phi) is 3.96. The summed E-state index contributed by atoms with van der Waals surface area (Å²) in [6, 6.07) is 14.6. The standard InChI is InChI=1S/C16H15FSi/c1-18(2)16-6-4-3-5-14(16)10-7-13-8-11-15(17)12-9-13/h3-6,8-9,11-12,18H,1-2H3. The zero-order valence-electron chi connectivity index (χ0n) is 10.6. The van der Waals surface area contributed by atoms with Crippen molar-refractivity contribution < 1.29 is 4.39 Å². The molecule has 0 radical (unpaired) electrons. The summed E-state index contributed by atoms with van der Waals surface area (Å²) >= 11 is 0. The summed E-state index contributed by atoms with van der Waals surface area (Å²) in [5.74, 6) is 6.06. The molecule has 0 saturated heterocycles. The lowest BCUT2D eigenvalue weighted by molar-refractivity contribution is 0.627. The molecule has 0 heterocycles. The van der Waals surface area contributed by atoms with Gasteiger partial charge in [0.25, 0.3) is 0 Å². The molecule has 0 aliphatic rings. The van der Waals surface area contributed by atoms with Gasteiger partial charge in [-0.2, -0.15) is 0 Å².